The van der Waals surface area contributed by atoms with Crippen molar-refractivity contribution in [1.82, 2.24) is 0 Å². The summed E-state index contributed by atoms with van der Waals surface area (Å²) in [6, 6.07) is 8.51. The highest BCUT2D eigenvalue weighted by Gasteiger charge is 2.18. The summed E-state index contributed by atoms with van der Waals surface area (Å²) in [7, 11) is 0. The molecule has 0 aliphatic heterocycles. The maximum atomic E-state index is 12.1. The first kappa shape index (κ1) is 19.9. The van der Waals surface area contributed by atoms with Crippen molar-refractivity contribution in [2.75, 3.05) is 0 Å². The summed E-state index contributed by atoms with van der Waals surface area (Å²) in [5, 5.41) is 38.5. The Bertz CT molecular complexity index is 888. The predicted octanol–water partition coefficient (Wildman–Crippen LogP) is 4.33. The van der Waals surface area contributed by atoms with Crippen molar-refractivity contribution in [3.8, 4) is 34.3 Å². The van der Waals surface area contributed by atoms with Crippen LogP contribution in [0, 0.1) is 0 Å². The van der Waals surface area contributed by atoms with E-state index in [1.807, 2.05) is 27.7 Å². The van der Waals surface area contributed by atoms with E-state index < -0.39 is 28.4 Å². The second-order valence-electron chi connectivity index (χ2n) is 4.47. The molecule has 2 aromatic carbocycles. The van der Waals surface area contributed by atoms with Crippen LogP contribution in [0.5, 0.6) is 23.0 Å². The second kappa shape index (κ2) is 8.63. The highest BCUT2D eigenvalue weighted by atomic mass is 16.4. The Balaban J connectivity index is 0.000000730. The van der Waals surface area contributed by atoms with Gasteiger partial charge in [-0.25, -0.2) is 0 Å². The summed E-state index contributed by atoms with van der Waals surface area (Å²) in [4.78, 5) is 12.1. The van der Waals surface area contributed by atoms with Gasteiger partial charge in [0.25, 0.3) is 0 Å². The molecule has 3 aromatic rings. The largest absolute Gasteiger partial charge is 0.504 e. The SMILES string of the molecule is CC.CC.O=c1c(O)c(-c2cc(O)c(O)c(O)c2)oc2ccccc12. The molecule has 0 aliphatic carbocycles. The van der Waals surface area contributed by atoms with Crippen LogP contribution in [0.4, 0.5) is 0 Å². The van der Waals surface area contributed by atoms with Gasteiger partial charge in [-0.05, 0) is 24.3 Å². The molecule has 134 valence electrons. The molecule has 0 unspecified atom stereocenters. The molecule has 0 saturated carbocycles. The number of rotatable bonds is 1. The van der Waals surface area contributed by atoms with Crippen LogP contribution in [0.2, 0.25) is 0 Å². The lowest BCUT2D eigenvalue weighted by Gasteiger charge is -2.08. The van der Waals surface area contributed by atoms with Crippen LogP contribution in [0.15, 0.2) is 45.6 Å². The Morgan fingerprint density at radius 2 is 1.32 bits per heavy atom. The minimum Gasteiger partial charge on any atom is -0.504 e. The van der Waals surface area contributed by atoms with E-state index >= 15 is 0 Å². The Labute approximate surface area is 145 Å². The van der Waals surface area contributed by atoms with E-state index in [4.69, 9.17) is 4.42 Å². The number of phenols is 3. The molecule has 1 aromatic heterocycles. The molecule has 25 heavy (non-hydrogen) atoms. The molecule has 0 fully saturated rings. The maximum absolute atomic E-state index is 12.1. The molecular weight excluding hydrogens is 324 g/mol. The second-order valence-corrected chi connectivity index (χ2v) is 4.47. The Morgan fingerprint density at radius 1 is 0.800 bits per heavy atom. The molecule has 0 atom stereocenters. The first-order chi connectivity index (χ1) is 12.0. The number of hydrogen-bond acceptors (Lipinski definition) is 6. The average Bonchev–Trinajstić information content (AvgIpc) is 2.65. The lowest BCUT2D eigenvalue weighted by atomic mass is 10.1. The zero-order valence-corrected chi connectivity index (χ0v) is 14.6. The fourth-order valence-corrected chi connectivity index (χ4v) is 2.06. The van der Waals surface area contributed by atoms with Crippen molar-refractivity contribution in [3.05, 3.63) is 46.6 Å². The van der Waals surface area contributed by atoms with Crippen LogP contribution < -0.4 is 5.43 Å². The van der Waals surface area contributed by atoms with Gasteiger partial charge in [-0.3, -0.25) is 4.79 Å². The third kappa shape index (κ3) is 3.85. The number of phenolic OH excluding ortho intramolecular Hbond substituents is 3. The van der Waals surface area contributed by atoms with Crippen LogP contribution in [0.25, 0.3) is 22.3 Å². The summed E-state index contributed by atoms with van der Waals surface area (Å²) < 4.78 is 5.46. The van der Waals surface area contributed by atoms with Crippen LogP contribution in [-0.2, 0) is 0 Å². The molecule has 0 amide bonds. The summed E-state index contributed by atoms with van der Waals surface area (Å²) >= 11 is 0. The van der Waals surface area contributed by atoms with Gasteiger partial charge in [0.2, 0.25) is 11.2 Å². The summed E-state index contributed by atoms with van der Waals surface area (Å²) in [6.07, 6.45) is 0. The van der Waals surface area contributed by atoms with E-state index in [0.717, 1.165) is 12.1 Å². The van der Waals surface area contributed by atoms with Crippen molar-refractivity contribution in [1.29, 1.82) is 0 Å². The minimum absolute atomic E-state index is 0.0585. The summed E-state index contributed by atoms with van der Waals surface area (Å²) in [5.41, 5.74) is -0.315. The number of para-hydroxylation sites is 1. The fourth-order valence-electron chi connectivity index (χ4n) is 2.06. The molecule has 0 radical (unpaired) electrons. The Morgan fingerprint density at radius 3 is 1.88 bits per heavy atom. The number of fused-ring (bicyclic) bond motifs is 1. The van der Waals surface area contributed by atoms with Crippen molar-refractivity contribution < 1.29 is 24.8 Å². The maximum Gasteiger partial charge on any atom is 0.235 e. The lowest BCUT2D eigenvalue weighted by molar-refractivity contribution is 0.368. The molecule has 0 bridgehead atoms. The number of hydrogen-bond donors (Lipinski definition) is 4. The van der Waals surface area contributed by atoms with Crippen LogP contribution in [-0.4, -0.2) is 20.4 Å². The Kier molecular flexibility index (Phi) is 6.87. The van der Waals surface area contributed by atoms with Crippen molar-refractivity contribution in [3.63, 3.8) is 0 Å². The smallest absolute Gasteiger partial charge is 0.235 e. The van der Waals surface area contributed by atoms with E-state index in [0.29, 0.717) is 0 Å². The first-order valence-corrected chi connectivity index (χ1v) is 7.99. The minimum atomic E-state index is -0.693. The molecule has 4 N–H and O–H groups in total. The molecule has 0 aliphatic rings. The zero-order chi connectivity index (χ0) is 19.1. The van der Waals surface area contributed by atoms with Crippen LogP contribution in [0.3, 0.4) is 0 Å². The van der Waals surface area contributed by atoms with Gasteiger partial charge < -0.3 is 24.8 Å². The Hall–Kier alpha value is -3.15. The van der Waals surface area contributed by atoms with Gasteiger partial charge in [0.05, 0.1) is 5.39 Å². The van der Waals surface area contributed by atoms with Gasteiger partial charge in [-0.2, -0.15) is 0 Å². The van der Waals surface area contributed by atoms with Gasteiger partial charge in [0, 0.05) is 5.56 Å². The van der Waals surface area contributed by atoms with Crippen LogP contribution in [0.1, 0.15) is 27.7 Å². The normalized spacial score (nSPS) is 9.60. The van der Waals surface area contributed by atoms with Crippen molar-refractivity contribution in [2.45, 2.75) is 27.7 Å². The van der Waals surface area contributed by atoms with Gasteiger partial charge >= 0.3 is 0 Å². The van der Waals surface area contributed by atoms with E-state index in [9.17, 15) is 25.2 Å². The van der Waals surface area contributed by atoms with Crippen molar-refractivity contribution in [2.24, 2.45) is 0 Å². The summed E-state index contributed by atoms with van der Waals surface area (Å²) in [6.45, 7) is 8.00. The topological polar surface area (TPSA) is 111 Å². The summed E-state index contributed by atoms with van der Waals surface area (Å²) in [5.74, 6) is -2.73. The molecule has 0 spiro atoms. The molecule has 6 heteroatoms. The van der Waals surface area contributed by atoms with Crippen molar-refractivity contribution >= 4 is 11.0 Å². The third-order valence-electron chi connectivity index (χ3n) is 3.11. The molecule has 3 rings (SSSR count). The first-order valence-electron chi connectivity index (χ1n) is 7.99. The fraction of sp³-hybridized carbons (Fsp3) is 0.211. The van der Waals surface area contributed by atoms with E-state index in [1.54, 1.807) is 18.2 Å². The third-order valence-corrected chi connectivity index (χ3v) is 3.11. The van der Waals surface area contributed by atoms with Crippen LogP contribution >= 0.6 is 0 Å². The monoisotopic (exact) mass is 346 g/mol. The highest BCUT2D eigenvalue weighted by molar-refractivity contribution is 5.82. The zero-order valence-electron chi connectivity index (χ0n) is 14.6. The quantitative estimate of drug-likeness (QED) is 0.488. The van der Waals surface area contributed by atoms with Gasteiger partial charge in [-0.15, -0.1) is 0 Å². The average molecular weight is 346 g/mol. The lowest BCUT2D eigenvalue weighted by Crippen LogP contribution is -2.02. The van der Waals surface area contributed by atoms with Gasteiger partial charge in [0.1, 0.15) is 5.58 Å². The van der Waals surface area contributed by atoms with Gasteiger partial charge in [0.15, 0.2) is 23.0 Å². The molecule has 6 nitrogen and oxygen atoms in total. The van der Waals surface area contributed by atoms with Gasteiger partial charge in [-0.1, -0.05) is 39.8 Å². The number of benzene rings is 2. The standard InChI is InChI=1S/C15H10O6.2C2H6/c16-9-5-7(6-10(17)13(9)19)15-14(20)12(18)8-3-1-2-4-11(8)21-15;2*1-2/h1-6,16-17,19-20H;2*1-2H3. The number of aromatic hydroxyl groups is 4. The van der Waals surface area contributed by atoms with E-state index in [2.05, 4.69) is 0 Å². The predicted molar refractivity (Wildman–Crippen MR) is 97.3 cm³/mol. The van der Waals surface area contributed by atoms with E-state index in [1.165, 1.54) is 6.07 Å². The molecule has 0 saturated heterocycles. The molecular formula is C19H22O6. The van der Waals surface area contributed by atoms with E-state index in [-0.39, 0.29) is 22.3 Å². The molecule has 1 heterocycles. The highest BCUT2D eigenvalue weighted by Crippen LogP contribution is 2.40.